The second-order valence-electron chi connectivity index (χ2n) is 8.86. The lowest BCUT2D eigenvalue weighted by atomic mass is 9.87. The van der Waals surface area contributed by atoms with Crippen LogP contribution in [-0.4, -0.2) is 31.6 Å². The summed E-state index contributed by atoms with van der Waals surface area (Å²) < 4.78 is 10.7. The Morgan fingerprint density at radius 3 is 2.38 bits per heavy atom. The summed E-state index contributed by atoms with van der Waals surface area (Å²) in [6.45, 7) is 3.70. The predicted molar refractivity (Wildman–Crippen MR) is 136 cm³/mol. The summed E-state index contributed by atoms with van der Waals surface area (Å²) >= 11 is 0. The first-order chi connectivity index (χ1) is 16.6. The van der Waals surface area contributed by atoms with Crippen LogP contribution in [0.1, 0.15) is 42.5 Å². The van der Waals surface area contributed by atoms with Gasteiger partial charge >= 0.3 is 0 Å². The number of carbonyl (C=O) groups excluding carboxylic acids is 1. The van der Waals surface area contributed by atoms with Crippen molar-refractivity contribution in [3.8, 4) is 11.5 Å². The van der Waals surface area contributed by atoms with E-state index in [1.807, 2.05) is 18.2 Å². The molecule has 0 aromatic heterocycles. The molecule has 4 rings (SSSR count). The average molecular weight is 459 g/mol. The monoisotopic (exact) mass is 458 g/mol. The van der Waals surface area contributed by atoms with Crippen LogP contribution in [0, 0.1) is 5.92 Å². The summed E-state index contributed by atoms with van der Waals surface area (Å²) in [6.07, 6.45) is 2.82. The van der Waals surface area contributed by atoms with E-state index in [1.54, 1.807) is 20.3 Å². The number of nitrogens with one attached hydrogen (secondary N) is 1. The molecular weight excluding hydrogens is 424 g/mol. The molecule has 1 aliphatic heterocycles. The van der Waals surface area contributed by atoms with Gasteiger partial charge in [-0.3, -0.25) is 9.69 Å². The van der Waals surface area contributed by atoms with E-state index < -0.39 is 0 Å². The predicted octanol–water partition coefficient (Wildman–Crippen LogP) is 5.86. The van der Waals surface area contributed by atoms with Gasteiger partial charge in [-0.15, -0.1) is 0 Å². The van der Waals surface area contributed by atoms with Gasteiger partial charge in [-0.2, -0.15) is 0 Å². The van der Waals surface area contributed by atoms with Crippen LogP contribution < -0.4 is 14.8 Å². The summed E-state index contributed by atoms with van der Waals surface area (Å²) in [6, 6.07) is 25.2. The lowest BCUT2D eigenvalue weighted by molar-refractivity contribution is -0.122. The number of hydrogen-bond acceptors (Lipinski definition) is 4. The van der Waals surface area contributed by atoms with Crippen molar-refractivity contribution in [3.63, 3.8) is 0 Å². The Kier molecular flexibility index (Phi) is 7.86. The number of anilines is 1. The molecule has 5 nitrogen and oxygen atoms in total. The minimum absolute atomic E-state index is 0.0290. The lowest BCUT2D eigenvalue weighted by Gasteiger charge is -2.39. The third-order valence-electron chi connectivity index (χ3n) is 6.72. The van der Waals surface area contributed by atoms with Crippen LogP contribution in [-0.2, 0) is 17.8 Å². The lowest BCUT2D eigenvalue weighted by Crippen LogP contribution is -2.42. The Bertz CT molecular complexity index is 1080. The quantitative estimate of drug-likeness (QED) is 0.459. The van der Waals surface area contributed by atoms with Crippen molar-refractivity contribution in [2.45, 2.75) is 38.8 Å². The number of nitrogens with zero attached hydrogens (tertiary/aromatic N) is 1. The maximum absolute atomic E-state index is 13.3. The molecular formula is C29H34N2O3. The smallest absolute Gasteiger partial charge is 0.228 e. The van der Waals surface area contributed by atoms with E-state index >= 15 is 0 Å². The van der Waals surface area contributed by atoms with Crippen LogP contribution in [0.4, 0.5) is 5.69 Å². The van der Waals surface area contributed by atoms with E-state index in [0.29, 0.717) is 29.8 Å². The molecule has 34 heavy (non-hydrogen) atoms. The molecule has 3 aromatic rings. The van der Waals surface area contributed by atoms with E-state index in [4.69, 9.17) is 9.47 Å². The van der Waals surface area contributed by atoms with E-state index in [0.717, 1.165) is 25.8 Å². The van der Waals surface area contributed by atoms with E-state index in [1.165, 1.54) is 16.7 Å². The van der Waals surface area contributed by atoms with E-state index in [2.05, 4.69) is 65.7 Å². The van der Waals surface area contributed by atoms with Crippen LogP contribution in [0.5, 0.6) is 11.5 Å². The molecule has 1 heterocycles. The number of amides is 1. The Morgan fingerprint density at radius 2 is 1.71 bits per heavy atom. The van der Waals surface area contributed by atoms with Crippen LogP contribution in [0.25, 0.3) is 0 Å². The van der Waals surface area contributed by atoms with Gasteiger partial charge in [0.05, 0.1) is 25.8 Å². The zero-order chi connectivity index (χ0) is 23.9. The summed E-state index contributed by atoms with van der Waals surface area (Å²) in [5.74, 6) is 1.22. The van der Waals surface area contributed by atoms with Gasteiger partial charge in [-0.05, 0) is 48.1 Å². The van der Waals surface area contributed by atoms with Crippen molar-refractivity contribution in [1.82, 2.24) is 4.90 Å². The molecule has 2 atom stereocenters. The zero-order valence-corrected chi connectivity index (χ0v) is 20.3. The molecule has 3 aromatic carbocycles. The summed E-state index contributed by atoms with van der Waals surface area (Å²) in [7, 11) is 3.21. The van der Waals surface area contributed by atoms with E-state index in [9.17, 15) is 4.79 Å². The van der Waals surface area contributed by atoms with E-state index in [-0.39, 0.29) is 11.8 Å². The first-order valence-electron chi connectivity index (χ1n) is 12.0. The van der Waals surface area contributed by atoms with Crippen molar-refractivity contribution < 1.29 is 14.3 Å². The van der Waals surface area contributed by atoms with Gasteiger partial charge in [-0.25, -0.2) is 0 Å². The highest BCUT2D eigenvalue weighted by Gasteiger charge is 2.33. The van der Waals surface area contributed by atoms with Gasteiger partial charge in [0.15, 0.2) is 0 Å². The number of methoxy groups -OCH3 is 2. The highest BCUT2D eigenvalue weighted by molar-refractivity contribution is 5.94. The average Bonchev–Trinajstić information content (AvgIpc) is 2.89. The standard InChI is InChI=1S/C29H34N2O3/c1-4-21-10-12-23(13-11-21)27-17-14-24(20-31(27)19-22-8-6-5-7-9-22)29(32)30-26-16-15-25(33-2)18-28(26)34-3/h5-13,15-16,18,24,27H,4,14,17,19-20H2,1-3H3,(H,30,32). The van der Waals surface area contributed by atoms with Crippen molar-refractivity contribution in [1.29, 1.82) is 0 Å². The number of piperidine rings is 1. The molecule has 0 spiro atoms. The van der Waals surface area contributed by atoms with Crippen LogP contribution in [0.3, 0.4) is 0 Å². The second-order valence-corrected chi connectivity index (χ2v) is 8.86. The molecule has 5 heteroatoms. The molecule has 0 aliphatic carbocycles. The fraction of sp³-hybridized carbons (Fsp3) is 0.345. The van der Waals surface area contributed by atoms with Crippen LogP contribution in [0.15, 0.2) is 72.8 Å². The zero-order valence-electron chi connectivity index (χ0n) is 20.3. The largest absolute Gasteiger partial charge is 0.497 e. The maximum Gasteiger partial charge on any atom is 0.228 e. The molecule has 1 N–H and O–H groups in total. The van der Waals surface area contributed by atoms with Gasteiger partial charge in [0.2, 0.25) is 5.91 Å². The van der Waals surface area contributed by atoms with Crippen molar-refractivity contribution in [2.24, 2.45) is 5.92 Å². The normalized spacial score (nSPS) is 18.3. The molecule has 2 unspecified atom stereocenters. The molecule has 1 aliphatic rings. The topological polar surface area (TPSA) is 50.8 Å². The highest BCUT2D eigenvalue weighted by atomic mass is 16.5. The summed E-state index contributed by atoms with van der Waals surface area (Å²) in [5, 5.41) is 3.09. The first-order valence-corrected chi connectivity index (χ1v) is 12.0. The Hall–Kier alpha value is -3.31. The third kappa shape index (κ3) is 5.60. The Morgan fingerprint density at radius 1 is 0.941 bits per heavy atom. The Labute approximate surface area is 202 Å². The fourth-order valence-electron chi connectivity index (χ4n) is 4.74. The molecule has 0 radical (unpaired) electrons. The number of hydrogen-bond donors (Lipinski definition) is 1. The van der Waals surface area contributed by atoms with Gasteiger partial charge < -0.3 is 14.8 Å². The third-order valence-corrected chi connectivity index (χ3v) is 6.72. The molecule has 178 valence electrons. The number of benzene rings is 3. The Balaban J connectivity index is 1.52. The fourth-order valence-corrected chi connectivity index (χ4v) is 4.74. The minimum Gasteiger partial charge on any atom is -0.497 e. The summed E-state index contributed by atoms with van der Waals surface area (Å²) in [5.41, 5.74) is 4.60. The van der Waals surface area contributed by atoms with Gasteiger partial charge in [-0.1, -0.05) is 61.5 Å². The van der Waals surface area contributed by atoms with Gasteiger partial charge in [0.25, 0.3) is 0 Å². The molecule has 0 bridgehead atoms. The van der Waals surface area contributed by atoms with Gasteiger partial charge in [0, 0.05) is 25.2 Å². The van der Waals surface area contributed by atoms with Crippen LogP contribution >= 0.6 is 0 Å². The molecule has 1 amide bonds. The van der Waals surface area contributed by atoms with Gasteiger partial charge in [0.1, 0.15) is 11.5 Å². The molecule has 0 saturated carbocycles. The maximum atomic E-state index is 13.3. The number of likely N-dealkylation sites (tertiary alicyclic amines) is 1. The second kappa shape index (κ2) is 11.2. The minimum atomic E-state index is -0.0957. The number of aryl methyl sites for hydroxylation is 1. The number of rotatable bonds is 8. The molecule has 1 saturated heterocycles. The van der Waals surface area contributed by atoms with Crippen LogP contribution in [0.2, 0.25) is 0 Å². The van der Waals surface area contributed by atoms with Crippen molar-refractivity contribution in [2.75, 3.05) is 26.1 Å². The van der Waals surface area contributed by atoms with Crippen molar-refractivity contribution >= 4 is 11.6 Å². The van der Waals surface area contributed by atoms with Crippen molar-refractivity contribution in [3.05, 3.63) is 89.5 Å². The first kappa shape index (κ1) is 23.8. The molecule has 1 fully saturated rings. The highest BCUT2D eigenvalue weighted by Crippen LogP contribution is 2.36. The SMILES string of the molecule is CCc1ccc(C2CCC(C(=O)Nc3ccc(OC)cc3OC)CN2Cc2ccccc2)cc1. The number of carbonyl (C=O) groups is 1. The number of ether oxygens (including phenoxy) is 2. The summed E-state index contributed by atoms with van der Waals surface area (Å²) in [4.78, 5) is 15.7.